The summed E-state index contributed by atoms with van der Waals surface area (Å²) in [5.74, 6) is -0.145. The molecule has 0 aliphatic carbocycles. The van der Waals surface area contributed by atoms with E-state index in [9.17, 15) is 9.59 Å². The van der Waals surface area contributed by atoms with Crippen molar-refractivity contribution in [3.63, 3.8) is 0 Å². The van der Waals surface area contributed by atoms with Crippen LogP contribution in [0.4, 0.5) is 0 Å². The van der Waals surface area contributed by atoms with Gasteiger partial charge in [0.05, 0.1) is 34.5 Å². The second kappa shape index (κ2) is 6.70. The van der Waals surface area contributed by atoms with E-state index in [-0.39, 0.29) is 30.2 Å². The largest absolute Gasteiger partial charge is 0.372 e. The lowest BCUT2D eigenvalue weighted by molar-refractivity contribution is -0.143. The molecule has 1 aromatic carbocycles. The third kappa shape index (κ3) is 3.41. The SMILES string of the molecule is C[C@@H]1CN(C(=O)Cn2cnc3c(Cl)cc(Cl)cc3c2=O)C[C@H](C)O1. The van der Waals surface area contributed by atoms with E-state index in [1.165, 1.54) is 23.0 Å². The van der Waals surface area contributed by atoms with Crippen molar-refractivity contribution < 1.29 is 9.53 Å². The van der Waals surface area contributed by atoms with Gasteiger partial charge in [-0.2, -0.15) is 0 Å². The molecule has 2 atom stereocenters. The molecule has 3 rings (SSSR count). The Hall–Kier alpha value is -1.63. The van der Waals surface area contributed by atoms with E-state index in [0.29, 0.717) is 34.0 Å². The Morgan fingerprint density at radius 1 is 1.29 bits per heavy atom. The molecule has 24 heavy (non-hydrogen) atoms. The van der Waals surface area contributed by atoms with Crippen LogP contribution in [0.3, 0.4) is 0 Å². The van der Waals surface area contributed by atoms with Gasteiger partial charge in [-0.25, -0.2) is 4.98 Å². The second-order valence-electron chi connectivity index (χ2n) is 6.02. The molecule has 0 unspecified atom stereocenters. The van der Waals surface area contributed by atoms with Gasteiger partial charge in [0.1, 0.15) is 6.54 Å². The molecule has 128 valence electrons. The Balaban J connectivity index is 1.89. The number of ether oxygens (including phenoxy) is 1. The Morgan fingerprint density at radius 3 is 2.62 bits per heavy atom. The predicted octanol–water partition coefficient (Wildman–Crippen LogP) is 2.34. The van der Waals surface area contributed by atoms with Gasteiger partial charge in [-0.05, 0) is 26.0 Å². The lowest BCUT2D eigenvalue weighted by atomic mass is 10.2. The minimum atomic E-state index is -0.341. The summed E-state index contributed by atoms with van der Waals surface area (Å²) in [6, 6.07) is 3.04. The Bertz CT molecular complexity index is 842. The summed E-state index contributed by atoms with van der Waals surface area (Å²) >= 11 is 12.0. The number of carbonyl (C=O) groups is 1. The van der Waals surface area contributed by atoms with Gasteiger partial charge in [-0.15, -0.1) is 0 Å². The summed E-state index contributed by atoms with van der Waals surface area (Å²) in [5.41, 5.74) is 0.0375. The van der Waals surface area contributed by atoms with Crippen molar-refractivity contribution in [2.24, 2.45) is 0 Å². The number of amides is 1. The number of morpholine rings is 1. The van der Waals surface area contributed by atoms with Crippen LogP contribution in [0.25, 0.3) is 10.9 Å². The van der Waals surface area contributed by atoms with Crippen LogP contribution in [0.1, 0.15) is 13.8 Å². The molecule has 0 saturated carbocycles. The molecule has 1 aliphatic rings. The summed E-state index contributed by atoms with van der Waals surface area (Å²) in [7, 11) is 0. The van der Waals surface area contributed by atoms with E-state index < -0.39 is 0 Å². The molecule has 0 radical (unpaired) electrons. The molecule has 1 aromatic heterocycles. The second-order valence-corrected chi connectivity index (χ2v) is 6.86. The lowest BCUT2D eigenvalue weighted by Gasteiger charge is -2.35. The standard InChI is InChI=1S/C16H17Cl2N3O3/c1-9-5-20(6-10(2)24-9)14(22)7-21-8-19-15-12(16(21)23)3-11(17)4-13(15)18/h3-4,8-10H,5-7H2,1-2H3/t9-,10+. The van der Waals surface area contributed by atoms with Gasteiger partial charge < -0.3 is 9.64 Å². The Labute approximate surface area is 148 Å². The highest BCUT2D eigenvalue weighted by atomic mass is 35.5. The first-order chi connectivity index (χ1) is 11.3. The summed E-state index contributed by atoms with van der Waals surface area (Å²) in [6.45, 7) is 4.78. The quantitative estimate of drug-likeness (QED) is 0.814. The molecule has 2 heterocycles. The van der Waals surface area contributed by atoms with E-state index in [0.717, 1.165) is 0 Å². The van der Waals surface area contributed by atoms with Crippen LogP contribution >= 0.6 is 23.2 Å². The van der Waals surface area contributed by atoms with Crippen LogP contribution in [0.2, 0.25) is 10.0 Å². The minimum absolute atomic E-state index is 0.0261. The number of aromatic nitrogens is 2. The molecule has 0 N–H and O–H groups in total. The third-order valence-electron chi connectivity index (χ3n) is 3.92. The highest BCUT2D eigenvalue weighted by Gasteiger charge is 2.26. The molecule has 6 nitrogen and oxygen atoms in total. The normalized spacial score (nSPS) is 21.2. The molecule has 8 heteroatoms. The van der Waals surface area contributed by atoms with Crippen LogP contribution in [0.15, 0.2) is 23.3 Å². The maximum atomic E-state index is 12.6. The number of nitrogens with zero attached hydrogens (tertiary/aromatic N) is 3. The van der Waals surface area contributed by atoms with Gasteiger partial charge in [-0.3, -0.25) is 14.2 Å². The molecule has 1 amide bonds. The zero-order chi connectivity index (χ0) is 17.4. The fraction of sp³-hybridized carbons (Fsp3) is 0.438. The van der Waals surface area contributed by atoms with Crippen LogP contribution in [0, 0.1) is 0 Å². The van der Waals surface area contributed by atoms with Crippen molar-refractivity contribution in [1.82, 2.24) is 14.5 Å². The Morgan fingerprint density at radius 2 is 1.96 bits per heavy atom. The number of hydrogen-bond donors (Lipinski definition) is 0. The predicted molar refractivity (Wildman–Crippen MR) is 92.6 cm³/mol. The molecular formula is C16H17Cl2N3O3. The summed E-state index contributed by atoms with van der Waals surface area (Å²) in [6.07, 6.45) is 1.29. The van der Waals surface area contributed by atoms with Gasteiger partial charge in [0.2, 0.25) is 5.91 Å². The van der Waals surface area contributed by atoms with Gasteiger partial charge in [0, 0.05) is 18.1 Å². The monoisotopic (exact) mass is 369 g/mol. The Kier molecular flexibility index (Phi) is 4.80. The molecular weight excluding hydrogens is 353 g/mol. The van der Waals surface area contributed by atoms with Gasteiger partial charge in [-0.1, -0.05) is 23.2 Å². The fourth-order valence-corrected chi connectivity index (χ4v) is 3.48. The highest BCUT2D eigenvalue weighted by molar-refractivity contribution is 6.38. The van der Waals surface area contributed by atoms with Crippen LogP contribution in [-0.2, 0) is 16.1 Å². The van der Waals surface area contributed by atoms with Crippen molar-refractivity contribution in [3.8, 4) is 0 Å². The molecule has 1 aliphatic heterocycles. The molecule has 1 fully saturated rings. The van der Waals surface area contributed by atoms with Crippen LogP contribution in [-0.4, -0.2) is 45.7 Å². The van der Waals surface area contributed by atoms with Crippen LogP contribution in [0.5, 0.6) is 0 Å². The lowest BCUT2D eigenvalue weighted by Crippen LogP contribution is -2.49. The number of benzene rings is 1. The van der Waals surface area contributed by atoms with E-state index in [2.05, 4.69) is 4.98 Å². The van der Waals surface area contributed by atoms with E-state index >= 15 is 0 Å². The average Bonchev–Trinajstić information content (AvgIpc) is 2.49. The summed E-state index contributed by atoms with van der Waals surface area (Å²) < 4.78 is 6.90. The van der Waals surface area contributed by atoms with Crippen molar-refractivity contribution in [2.45, 2.75) is 32.6 Å². The maximum Gasteiger partial charge on any atom is 0.261 e. The number of hydrogen-bond acceptors (Lipinski definition) is 4. The van der Waals surface area contributed by atoms with Crippen molar-refractivity contribution in [2.75, 3.05) is 13.1 Å². The van der Waals surface area contributed by atoms with Gasteiger partial charge in [0.25, 0.3) is 5.56 Å². The maximum absolute atomic E-state index is 12.6. The zero-order valence-corrected chi connectivity index (χ0v) is 14.8. The molecule has 0 bridgehead atoms. The molecule has 0 spiro atoms. The van der Waals surface area contributed by atoms with Gasteiger partial charge >= 0.3 is 0 Å². The fourth-order valence-electron chi connectivity index (χ4n) is 2.93. The first kappa shape index (κ1) is 17.2. The molecule has 1 saturated heterocycles. The van der Waals surface area contributed by atoms with E-state index in [4.69, 9.17) is 27.9 Å². The number of halogens is 2. The third-order valence-corrected chi connectivity index (χ3v) is 4.43. The first-order valence-electron chi connectivity index (χ1n) is 7.62. The number of rotatable bonds is 2. The average molecular weight is 370 g/mol. The van der Waals surface area contributed by atoms with Gasteiger partial charge in [0.15, 0.2) is 0 Å². The van der Waals surface area contributed by atoms with Crippen molar-refractivity contribution >= 4 is 40.0 Å². The van der Waals surface area contributed by atoms with Crippen molar-refractivity contribution in [1.29, 1.82) is 0 Å². The summed E-state index contributed by atoms with van der Waals surface area (Å²) in [5, 5.41) is 0.960. The van der Waals surface area contributed by atoms with Crippen LogP contribution < -0.4 is 5.56 Å². The zero-order valence-electron chi connectivity index (χ0n) is 13.3. The van der Waals surface area contributed by atoms with Crippen molar-refractivity contribution in [3.05, 3.63) is 38.9 Å². The summed E-state index contributed by atoms with van der Waals surface area (Å²) in [4.78, 5) is 31.0. The smallest absolute Gasteiger partial charge is 0.261 e. The molecule has 2 aromatic rings. The van der Waals surface area contributed by atoms with E-state index in [1.54, 1.807) is 4.90 Å². The topological polar surface area (TPSA) is 64.4 Å². The number of fused-ring (bicyclic) bond motifs is 1. The first-order valence-corrected chi connectivity index (χ1v) is 8.38. The minimum Gasteiger partial charge on any atom is -0.372 e. The van der Waals surface area contributed by atoms with E-state index in [1.807, 2.05) is 13.8 Å². The highest BCUT2D eigenvalue weighted by Crippen LogP contribution is 2.24. The number of carbonyl (C=O) groups excluding carboxylic acids is 1.